The number of halogens is 1. The van der Waals surface area contributed by atoms with Crippen molar-refractivity contribution in [3.05, 3.63) is 59.4 Å². The predicted molar refractivity (Wildman–Crippen MR) is 97.7 cm³/mol. The molecule has 1 aromatic heterocycles. The Labute approximate surface area is 150 Å². The first-order chi connectivity index (χ1) is 12.2. The Morgan fingerprint density at radius 3 is 2.76 bits per heavy atom. The number of carbonyl (C=O) groups is 1. The lowest BCUT2D eigenvalue weighted by atomic mass is 9.91. The van der Waals surface area contributed by atoms with Gasteiger partial charge in [-0.25, -0.2) is 9.78 Å². The number of rotatable bonds is 4. The van der Waals surface area contributed by atoms with Crippen LogP contribution < -0.4 is 5.32 Å². The Morgan fingerprint density at radius 1 is 1.24 bits per heavy atom. The van der Waals surface area contributed by atoms with Crippen molar-refractivity contribution >= 4 is 34.4 Å². The van der Waals surface area contributed by atoms with Gasteiger partial charge in [0.25, 0.3) is 0 Å². The van der Waals surface area contributed by atoms with Crippen LogP contribution in [-0.4, -0.2) is 22.0 Å². The summed E-state index contributed by atoms with van der Waals surface area (Å²) in [6.07, 6.45) is 4.68. The highest BCUT2D eigenvalue weighted by Gasteiger charge is 2.29. The van der Waals surface area contributed by atoms with Crippen LogP contribution in [0.15, 0.2) is 53.3 Å². The summed E-state index contributed by atoms with van der Waals surface area (Å²) >= 11 is 5.90. The topological polar surface area (TPSA) is 58.4 Å². The van der Waals surface area contributed by atoms with Gasteiger partial charge in [-0.1, -0.05) is 17.7 Å². The van der Waals surface area contributed by atoms with Gasteiger partial charge in [-0.3, -0.25) is 0 Å². The van der Waals surface area contributed by atoms with Crippen LogP contribution in [0.5, 0.6) is 0 Å². The third kappa shape index (κ3) is 3.46. The molecule has 1 heterocycles. The van der Waals surface area contributed by atoms with Crippen LogP contribution in [0.1, 0.15) is 24.8 Å². The Balaban J connectivity index is 1.52. The molecule has 0 spiro atoms. The van der Waals surface area contributed by atoms with E-state index in [1.807, 2.05) is 23.1 Å². The number of nitrogens with one attached hydrogen (secondary N) is 1. The zero-order valence-corrected chi connectivity index (χ0v) is 14.4. The van der Waals surface area contributed by atoms with Crippen molar-refractivity contribution in [2.24, 2.45) is 0 Å². The quantitative estimate of drug-likeness (QED) is 0.711. The van der Waals surface area contributed by atoms with Crippen LogP contribution in [0.4, 0.5) is 10.5 Å². The van der Waals surface area contributed by atoms with Gasteiger partial charge in [0.2, 0.25) is 0 Å². The summed E-state index contributed by atoms with van der Waals surface area (Å²) in [5, 5.41) is 3.61. The highest BCUT2D eigenvalue weighted by atomic mass is 35.5. The fourth-order valence-electron chi connectivity index (χ4n) is 2.99. The van der Waals surface area contributed by atoms with E-state index in [1.54, 1.807) is 24.3 Å². The van der Waals surface area contributed by atoms with Gasteiger partial charge < -0.3 is 14.6 Å². The van der Waals surface area contributed by atoms with Crippen molar-refractivity contribution in [2.75, 3.05) is 5.32 Å². The molecule has 0 unspecified atom stereocenters. The van der Waals surface area contributed by atoms with Crippen LogP contribution in [0.25, 0.3) is 11.1 Å². The molecular formula is C19H18ClN3O2. The summed E-state index contributed by atoms with van der Waals surface area (Å²) in [6, 6.07) is 13.2. The molecule has 6 heteroatoms. The van der Waals surface area contributed by atoms with Gasteiger partial charge in [0, 0.05) is 23.3 Å². The van der Waals surface area contributed by atoms with Crippen molar-refractivity contribution in [2.45, 2.75) is 31.8 Å². The van der Waals surface area contributed by atoms with Crippen LogP contribution >= 0.6 is 11.6 Å². The molecule has 3 aromatic rings. The van der Waals surface area contributed by atoms with E-state index >= 15 is 0 Å². The van der Waals surface area contributed by atoms with Crippen molar-refractivity contribution in [3.63, 3.8) is 0 Å². The summed E-state index contributed by atoms with van der Waals surface area (Å²) in [4.78, 5) is 18.9. The Morgan fingerprint density at radius 2 is 2.04 bits per heavy atom. The number of amides is 2. The summed E-state index contributed by atoms with van der Waals surface area (Å²) in [6.45, 7) is 0.549. The van der Waals surface area contributed by atoms with E-state index < -0.39 is 0 Å². The highest BCUT2D eigenvalue weighted by Crippen LogP contribution is 2.28. The molecule has 1 N–H and O–H groups in total. The van der Waals surface area contributed by atoms with Gasteiger partial charge in [0.1, 0.15) is 5.52 Å². The van der Waals surface area contributed by atoms with Gasteiger partial charge >= 0.3 is 6.03 Å². The largest absolute Gasteiger partial charge is 0.443 e. The van der Waals surface area contributed by atoms with Crippen molar-refractivity contribution in [1.29, 1.82) is 0 Å². The molecule has 2 aromatic carbocycles. The first-order valence-corrected chi connectivity index (χ1v) is 8.72. The second-order valence-electron chi connectivity index (χ2n) is 6.30. The van der Waals surface area contributed by atoms with E-state index in [1.165, 1.54) is 6.39 Å². The predicted octanol–water partition coefficient (Wildman–Crippen LogP) is 5.07. The molecule has 1 aliphatic carbocycles. The molecule has 0 aliphatic heterocycles. The lowest BCUT2D eigenvalue weighted by Crippen LogP contribution is -2.45. The van der Waals surface area contributed by atoms with Gasteiger partial charge in [-0.05, 0) is 61.2 Å². The molecule has 0 radical (unpaired) electrons. The first-order valence-electron chi connectivity index (χ1n) is 8.34. The monoisotopic (exact) mass is 355 g/mol. The number of hydrogen-bond donors (Lipinski definition) is 1. The van der Waals surface area contributed by atoms with E-state index in [9.17, 15) is 4.79 Å². The van der Waals surface area contributed by atoms with Crippen molar-refractivity contribution in [3.8, 4) is 0 Å². The lowest BCUT2D eigenvalue weighted by molar-refractivity contribution is 0.143. The molecule has 1 aliphatic rings. The molecule has 0 atom stereocenters. The van der Waals surface area contributed by atoms with Gasteiger partial charge in [-0.15, -0.1) is 0 Å². The van der Waals surface area contributed by atoms with E-state index in [4.69, 9.17) is 16.0 Å². The molecule has 5 nitrogen and oxygen atoms in total. The summed E-state index contributed by atoms with van der Waals surface area (Å²) < 4.78 is 5.28. The molecule has 128 valence electrons. The molecule has 0 saturated heterocycles. The Kier molecular flexibility index (Phi) is 4.32. The third-order valence-corrected chi connectivity index (χ3v) is 4.87. The minimum absolute atomic E-state index is 0.0905. The maximum atomic E-state index is 12.8. The molecular weight excluding hydrogens is 338 g/mol. The van der Waals surface area contributed by atoms with E-state index in [-0.39, 0.29) is 12.1 Å². The summed E-state index contributed by atoms with van der Waals surface area (Å²) in [5.41, 5.74) is 3.35. The zero-order chi connectivity index (χ0) is 17.2. The number of oxazole rings is 1. The molecule has 25 heavy (non-hydrogen) atoms. The van der Waals surface area contributed by atoms with E-state index in [0.29, 0.717) is 11.6 Å². The smallest absolute Gasteiger partial charge is 0.322 e. The first kappa shape index (κ1) is 16.0. The van der Waals surface area contributed by atoms with E-state index in [0.717, 1.165) is 41.6 Å². The fraction of sp³-hybridized carbons (Fsp3) is 0.263. The average molecular weight is 356 g/mol. The minimum atomic E-state index is -0.0905. The molecule has 0 bridgehead atoms. The number of fused-ring (bicyclic) bond motifs is 1. The number of aromatic nitrogens is 1. The number of nitrogens with zero attached hydrogens (tertiary/aromatic N) is 2. The van der Waals surface area contributed by atoms with E-state index in [2.05, 4.69) is 10.3 Å². The number of urea groups is 1. The molecule has 2 amide bonds. The second-order valence-corrected chi connectivity index (χ2v) is 6.74. The van der Waals surface area contributed by atoms with Gasteiger partial charge in [0.05, 0.1) is 0 Å². The number of carbonyl (C=O) groups excluding carboxylic acids is 1. The maximum Gasteiger partial charge on any atom is 0.322 e. The molecule has 1 fully saturated rings. The van der Waals surface area contributed by atoms with Crippen molar-refractivity contribution in [1.82, 2.24) is 9.88 Å². The lowest BCUT2D eigenvalue weighted by Gasteiger charge is -2.37. The highest BCUT2D eigenvalue weighted by molar-refractivity contribution is 6.30. The Bertz CT molecular complexity index is 887. The average Bonchev–Trinajstić information content (AvgIpc) is 3.02. The minimum Gasteiger partial charge on any atom is -0.443 e. The summed E-state index contributed by atoms with van der Waals surface area (Å²) in [7, 11) is 0. The van der Waals surface area contributed by atoms with Crippen LogP contribution in [0, 0.1) is 0 Å². The number of anilines is 1. The molecule has 1 saturated carbocycles. The van der Waals surface area contributed by atoms with Crippen molar-refractivity contribution < 1.29 is 9.21 Å². The third-order valence-electron chi connectivity index (χ3n) is 4.62. The summed E-state index contributed by atoms with van der Waals surface area (Å²) in [5.74, 6) is 0. The number of benzene rings is 2. The second kappa shape index (κ2) is 6.76. The maximum absolute atomic E-state index is 12.8. The Hall–Kier alpha value is -2.53. The van der Waals surface area contributed by atoms with Gasteiger partial charge in [-0.2, -0.15) is 0 Å². The van der Waals surface area contributed by atoms with Crippen LogP contribution in [0.3, 0.4) is 0 Å². The fourth-order valence-corrected chi connectivity index (χ4v) is 3.12. The zero-order valence-electron chi connectivity index (χ0n) is 13.6. The molecule has 4 rings (SSSR count). The SMILES string of the molecule is O=C(Nc1ccc(Cl)cc1)N(Cc1ccc2ocnc2c1)C1CCC1. The van der Waals surface area contributed by atoms with Crippen LogP contribution in [0.2, 0.25) is 5.02 Å². The van der Waals surface area contributed by atoms with Crippen LogP contribution in [-0.2, 0) is 6.54 Å². The number of hydrogen-bond acceptors (Lipinski definition) is 3. The standard InChI is InChI=1S/C19H18ClN3O2/c20-14-5-7-15(8-6-14)22-19(24)23(16-2-1-3-16)11-13-4-9-18-17(10-13)21-12-25-18/h4-10,12,16H,1-3,11H2,(H,22,24). The normalized spacial score (nSPS) is 14.3. The van der Waals surface area contributed by atoms with Gasteiger partial charge in [0.15, 0.2) is 12.0 Å².